The van der Waals surface area contributed by atoms with Crippen molar-refractivity contribution in [3.63, 3.8) is 0 Å². The van der Waals surface area contributed by atoms with E-state index in [0.29, 0.717) is 13.1 Å². The Morgan fingerprint density at radius 1 is 1.18 bits per heavy atom. The van der Waals surface area contributed by atoms with E-state index in [1.54, 1.807) is 13.3 Å². The fourth-order valence-corrected chi connectivity index (χ4v) is 3.90. The van der Waals surface area contributed by atoms with Crippen LogP contribution in [0.4, 0.5) is 0 Å². The zero-order chi connectivity index (χ0) is 19.9. The highest BCUT2D eigenvalue weighted by Crippen LogP contribution is 2.27. The van der Waals surface area contributed by atoms with E-state index in [0.717, 1.165) is 22.2 Å². The van der Waals surface area contributed by atoms with E-state index < -0.39 is 0 Å². The van der Waals surface area contributed by atoms with Crippen LogP contribution in [0.25, 0.3) is 5.69 Å². The van der Waals surface area contributed by atoms with Crippen LogP contribution in [-0.2, 0) is 11.3 Å². The molecule has 0 aliphatic carbocycles. The van der Waals surface area contributed by atoms with Gasteiger partial charge < -0.3 is 9.64 Å². The zero-order valence-corrected chi connectivity index (χ0v) is 17.2. The fourth-order valence-electron chi connectivity index (χ4n) is 2.93. The van der Waals surface area contributed by atoms with Crippen molar-refractivity contribution in [3.8, 4) is 11.4 Å². The third kappa shape index (κ3) is 4.75. The molecule has 0 N–H and O–H groups in total. The molecule has 0 saturated heterocycles. The van der Waals surface area contributed by atoms with E-state index in [1.807, 2.05) is 84.1 Å². The van der Waals surface area contributed by atoms with Crippen molar-refractivity contribution in [3.05, 3.63) is 72.6 Å². The molecule has 1 unspecified atom stereocenters. The Hall–Kier alpha value is -2.73. The SMILES string of the molecule is CCN(Cc1ccccc1)C(=O)C(C)Sc1nccn1-c1ccc(OC)cc1. The fraction of sp³-hybridized carbons (Fsp3) is 0.273. The molecule has 0 radical (unpaired) electrons. The maximum absolute atomic E-state index is 13.0. The second-order valence-electron chi connectivity index (χ2n) is 6.38. The molecule has 6 heteroatoms. The first kappa shape index (κ1) is 20.0. The van der Waals surface area contributed by atoms with E-state index in [2.05, 4.69) is 4.98 Å². The second kappa shape index (κ2) is 9.46. The van der Waals surface area contributed by atoms with Crippen molar-refractivity contribution in [2.24, 2.45) is 0 Å². The van der Waals surface area contributed by atoms with Crippen LogP contribution < -0.4 is 4.74 Å². The first-order chi connectivity index (χ1) is 13.6. The van der Waals surface area contributed by atoms with Crippen molar-refractivity contribution in [1.82, 2.24) is 14.5 Å². The largest absolute Gasteiger partial charge is 0.497 e. The molecule has 1 heterocycles. The Morgan fingerprint density at radius 3 is 2.54 bits per heavy atom. The summed E-state index contributed by atoms with van der Waals surface area (Å²) in [5.41, 5.74) is 2.12. The number of methoxy groups -OCH3 is 1. The molecule has 1 amide bonds. The molecule has 0 saturated carbocycles. The number of hydrogen-bond donors (Lipinski definition) is 0. The molecule has 0 aliphatic rings. The van der Waals surface area contributed by atoms with Crippen molar-refractivity contribution in [1.29, 1.82) is 0 Å². The highest BCUT2D eigenvalue weighted by molar-refractivity contribution is 8.00. The van der Waals surface area contributed by atoms with Crippen molar-refractivity contribution < 1.29 is 9.53 Å². The van der Waals surface area contributed by atoms with Crippen LogP contribution in [0, 0.1) is 0 Å². The van der Waals surface area contributed by atoms with Gasteiger partial charge in [-0.05, 0) is 43.7 Å². The molecular formula is C22H25N3O2S. The minimum atomic E-state index is -0.233. The maximum atomic E-state index is 13.0. The summed E-state index contributed by atoms with van der Waals surface area (Å²) in [5, 5.41) is 0.560. The number of benzene rings is 2. The summed E-state index contributed by atoms with van der Waals surface area (Å²) in [4.78, 5) is 19.3. The molecule has 1 aromatic heterocycles. The summed E-state index contributed by atoms with van der Waals surface area (Å²) in [5.74, 6) is 0.918. The number of ether oxygens (including phenoxy) is 1. The summed E-state index contributed by atoms with van der Waals surface area (Å²) in [7, 11) is 1.65. The lowest BCUT2D eigenvalue weighted by molar-refractivity contribution is -0.130. The minimum absolute atomic E-state index is 0.112. The molecule has 146 valence electrons. The normalized spacial score (nSPS) is 11.8. The Kier molecular flexibility index (Phi) is 6.76. The zero-order valence-electron chi connectivity index (χ0n) is 16.4. The number of amides is 1. The molecule has 0 spiro atoms. The van der Waals surface area contributed by atoms with Gasteiger partial charge in [-0.3, -0.25) is 9.36 Å². The van der Waals surface area contributed by atoms with Gasteiger partial charge in [-0.2, -0.15) is 0 Å². The van der Waals surface area contributed by atoms with E-state index >= 15 is 0 Å². The summed E-state index contributed by atoms with van der Waals surface area (Å²) >= 11 is 1.47. The number of hydrogen-bond acceptors (Lipinski definition) is 4. The molecule has 2 aromatic carbocycles. The smallest absolute Gasteiger partial charge is 0.236 e. The molecule has 5 nitrogen and oxygen atoms in total. The van der Waals surface area contributed by atoms with E-state index in [-0.39, 0.29) is 11.2 Å². The molecule has 0 aliphatic heterocycles. The lowest BCUT2D eigenvalue weighted by Crippen LogP contribution is -2.36. The van der Waals surface area contributed by atoms with Gasteiger partial charge >= 0.3 is 0 Å². The van der Waals surface area contributed by atoms with E-state index in [4.69, 9.17) is 4.74 Å². The van der Waals surface area contributed by atoms with Gasteiger partial charge in [0.1, 0.15) is 5.75 Å². The number of thioether (sulfide) groups is 1. The first-order valence-corrected chi connectivity index (χ1v) is 10.2. The molecule has 1 atom stereocenters. The molecule has 0 fully saturated rings. The van der Waals surface area contributed by atoms with Gasteiger partial charge in [0.2, 0.25) is 5.91 Å². The van der Waals surface area contributed by atoms with Crippen LogP contribution >= 0.6 is 11.8 Å². The van der Waals surface area contributed by atoms with Gasteiger partial charge in [0.05, 0.1) is 12.4 Å². The predicted molar refractivity (Wildman–Crippen MR) is 113 cm³/mol. The van der Waals surface area contributed by atoms with Crippen LogP contribution in [0.3, 0.4) is 0 Å². The Morgan fingerprint density at radius 2 is 1.89 bits per heavy atom. The van der Waals surface area contributed by atoms with Gasteiger partial charge in [-0.25, -0.2) is 4.98 Å². The Labute approximate surface area is 170 Å². The lowest BCUT2D eigenvalue weighted by Gasteiger charge is -2.24. The van der Waals surface area contributed by atoms with Crippen molar-refractivity contribution >= 4 is 17.7 Å². The average molecular weight is 396 g/mol. The number of carbonyl (C=O) groups excluding carboxylic acids is 1. The third-order valence-electron chi connectivity index (χ3n) is 4.50. The molecule has 3 rings (SSSR count). The summed E-state index contributed by atoms with van der Waals surface area (Å²) in [6, 6.07) is 17.9. The number of rotatable bonds is 8. The van der Waals surface area contributed by atoms with Gasteiger partial charge in [0.25, 0.3) is 0 Å². The van der Waals surface area contributed by atoms with Gasteiger partial charge in [0.15, 0.2) is 5.16 Å². The highest BCUT2D eigenvalue weighted by Gasteiger charge is 2.22. The maximum Gasteiger partial charge on any atom is 0.236 e. The van der Waals surface area contributed by atoms with Crippen LogP contribution in [-0.4, -0.2) is 39.3 Å². The third-order valence-corrected chi connectivity index (χ3v) is 5.57. The summed E-state index contributed by atoms with van der Waals surface area (Å²) in [6.07, 6.45) is 3.66. The summed E-state index contributed by atoms with van der Waals surface area (Å²) in [6.45, 7) is 5.24. The van der Waals surface area contributed by atoms with Crippen LogP contribution in [0.2, 0.25) is 0 Å². The minimum Gasteiger partial charge on any atom is -0.497 e. The number of imidazole rings is 1. The Balaban J connectivity index is 1.71. The molecule has 0 bridgehead atoms. The van der Waals surface area contributed by atoms with Crippen LogP contribution in [0.15, 0.2) is 72.1 Å². The molecular weight excluding hydrogens is 370 g/mol. The van der Waals surface area contributed by atoms with E-state index in [9.17, 15) is 4.79 Å². The van der Waals surface area contributed by atoms with E-state index in [1.165, 1.54) is 11.8 Å². The number of aromatic nitrogens is 2. The Bertz CT molecular complexity index is 894. The number of nitrogens with zero attached hydrogens (tertiary/aromatic N) is 3. The van der Waals surface area contributed by atoms with Gasteiger partial charge in [0, 0.05) is 31.2 Å². The topological polar surface area (TPSA) is 47.4 Å². The lowest BCUT2D eigenvalue weighted by atomic mass is 10.2. The van der Waals surface area contributed by atoms with Crippen LogP contribution in [0.5, 0.6) is 5.75 Å². The van der Waals surface area contributed by atoms with Gasteiger partial charge in [-0.15, -0.1) is 0 Å². The van der Waals surface area contributed by atoms with Gasteiger partial charge in [-0.1, -0.05) is 42.1 Å². The second-order valence-corrected chi connectivity index (χ2v) is 7.68. The summed E-state index contributed by atoms with van der Waals surface area (Å²) < 4.78 is 7.21. The van der Waals surface area contributed by atoms with Crippen molar-refractivity contribution in [2.45, 2.75) is 30.8 Å². The van der Waals surface area contributed by atoms with Crippen LogP contribution in [0.1, 0.15) is 19.4 Å². The first-order valence-electron chi connectivity index (χ1n) is 9.29. The monoisotopic (exact) mass is 395 g/mol. The predicted octanol–water partition coefficient (Wildman–Crippen LogP) is 4.41. The molecule has 28 heavy (non-hydrogen) atoms. The quantitative estimate of drug-likeness (QED) is 0.530. The standard InChI is InChI=1S/C22H25N3O2S/c1-4-24(16-18-8-6-5-7-9-18)21(26)17(2)28-22-23-14-15-25(22)19-10-12-20(27-3)13-11-19/h5-15,17H,4,16H2,1-3H3. The average Bonchev–Trinajstić information content (AvgIpc) is 3.20. The highest BCUT2D eigenvalue weighted by atomic mass is 32.2. The molecule has 3 aromatic rings. The number of carbonyl (C=O) groups is 1. The van der Waals surface area contributed by atoms with Crippen molar-refractivity contribution in [2.75, 3.05) is 13.7 Å².